The van der Waals surface area contributed by atoms with E-state index in [0.717, 1.165) is 23.1 Å². The molecule has 0 radical (unpaired) electrons. The van der Waals surface area contributed by atoms with Crippen LogP contribution in [0, 0.1) is 0 Å². The second-order valence-corrected chi connectivity index (χ2v) is 5.26. The molecule has 0 aliphatic rings. The molecule has 0 aliphatic heterocycles. The molecule has 0 bridgehead atoms. The molecule has 0 amide bonds. The van der Waals surface area contributed by atoms with Crippen molar-refractivity contribution in [2.75, 3.05) is 7.11 Å². The van der Waals surface area contributed by atoms with E-state index in [-0.39, 0.29) is 6.04 Å². The number of nitrogens with two attached hydrogens (primary N) is 1. The van der Waals surface area contributed by atoms with Crippen LogP contribution in [0.3, 0.4) is 0 Å². The van der Waals surface area contributed by atoms with E-state index in [0.29, 0.717) is 5.92 Å². The summed E-state index contributed by atoms with van der Waals surface area (Å²) in [6, 6.07) is 6.40. The molecule has 2 N–H and O–H groups in total. The SMILES string of the molecule is COc1ccc(Br)cc1C(C)CCC(C)N. The summed E-state index contributed by atoms with van der Waals surface area (Å²) in [5, 5.41) is 0. The zero-order chi connectivity index (χ0) is 12.1. The Morgan fingerprint density at radius 2 is 2.00 bits per heavy atom. The van der Waals surface area contributed by atoms with Crippen LogP contribution in [0.5, 0.6) is 5.75 Å². The largest absolute Gasteiger partial charge is 0.496 e. The molecule has 0 saturated carbocycles. The van der Waals surface area contributed by atoms with Gasteiger partial charge in [-0.05, 0) is 49.4 Å². The topological polar surface area (TPSA) is 35.2 Å². The summed E-state index contributed by atoms with van der Waals surface area (Å²) in [5.74, 6) is 1.43. The van der Waals surface area contributed by atoms with Crippen LogP contribution in [0.4, 0.5) is 0 Å². The second-order valence-electron chi connectivity index (χ2n) is 4.34. The first-order chi connectivity index (χ1) is 7.54. The Morgan fingerprint density at radius 3 is 2.56 bits per heavy atom. The molecule has 2 atom stereocenters. The Morgan fingerprint density at radius 1 is 1.31 bits per heavy atom. The van der Waals surface area contributed by atoms with Gasteiger partial charge in [-0.15, -0.1) is 0 Å². The van der Waals surface area contributed by atoms with Gasteiger partial charge in [-0.2, -0.15) is 0 Å². The first kappa shape index (κ1) is 13.5. The normalized spacial score (nSPS) is 14.6. The lowest BCUT2D eigenvalue weighted by Crippen LogP contribution is -2.15. The maximum atomic E-state index is 5.78. The number of halogens is 1. The van der Waals surface area contributed by atoms with E-state index in [9.17, 15) is 0 Å². The van der Waals surface area contributed by atoms with Crippen molar-refractivity contribution in [2.24, 2.45) is 5.73 Å². The third-order valence-electron chi connectivity index (χ3n) is 2.78. The van der Waals surface area contributed by atoms with Crippen LogP contribution < -0.4 is 10.5 Å². The Labute approximate surface area is 106 Å². The quantitative estimate of drug-likeness (QED) is 0.896. The number of rotatable bonds is 5. The summed E-state index contributed by atoms with van der Waals surface area (Å²) in [6.45, 7) is 4.26. The zero-order valence-electron chi connectivity index (χ0n) is 10.2. The van der Waals surface area contributed by atoms with Crippen LogP contribution in [0.15, 0.2) is 22.7 Å². The van der Waals surface area contributed by atoms with Gasteiger partial charge in [0.25, 0.3) is 0 Å². The molecular weight excluding hydrogens is 266 g/mol. The average molecular weight is 286 g/mol. The van der Waals surface area contributed by atoms with Crippen LogP contribution in [-0.4, -0.2) is 13.2 Å². The minimum absolute atomic E-state index is 0.264. The van der Waals surface area contributed by atoms with Gasteiger partial charge >= 0.3 is 0 Å². The molecule has 90 valence electrons. The van der Waals surface area contributed by atoms with E-state index in [1.807, 2.05) is 19.1 Å². The second kappa shape index (κ2) is 6.26. The highest BCUT2D eigenvalue weighted by molar-refractivity contribution is 9.10. The predicted molar refractivity (Wildman–Crippen MR) is 72.0 cm³/mol. The summed E-state index contributed by atoms with van der Waals surface area (Å²) >= 11 is 3.49. The van der Waals surface area contributed by atoms with Gasteiger partial charge in [-0.25, -0.2) is 0 Å². The van der Waals surface area contributed by atoms with Crippen LogP contribution >= 0.6 is 15.9 Å². The molecule has 2 nitrogen and oxygen atoms in total. The van der Waals surface area contributed by atoms with Crippen molar-refractivity contribution in [2.45, 2.75) is 38.6 Å². The molecule has 0 spiro atoms. The molecule has 0 heterocycles. The highest BCUT2D eigenvalue weighted by atomic mass is 79.9. The van der Waals surface area contributed by atoms with Gasteiger partial charge in [0.15, 0.2) is 0 Å². The van der Waals surface area contributed by atoms with E-state index in [4.69, 9.17) is 10.5 Å². The Kier molecular flexibility index (Phi) is 5.29. The van der Waals surface area contributed by atoms with Crippen LogP contribution in [0.2, 0.25) is 0 Å². The lowest BCUT2D eigenvalue weighted by molar-refractivity contribution is 0.404. The third kappa shape index (κ3) is 3.80. The summed E-state index contributed by atoms with van der Waals surface area (Å²) < 4.78 is 6.47. The fourth-order valence-corrected chi connectivity index (χ4v) is 2.14. The summed E-state index contributed by atoms with van der Waals surface area (Å²) in [4.78, 5) is 0. The first-order valence-electron chi connectivity index (χ1n) is 5.63. The van der Waals surface area contributed by atoms with Gasteiger partial charge < -0.3 is 10.5 Å². The molecule has 1 rings (SSSR count). The summed E-state index contributed by atoms with van der Waals surface area (Å²) in [5.41, 5.74) is 7.03. The molecule has 0 aliphatic carbocycles. The molecule has 0 fully saturated rings. The molecular formula is C13H20BrNO. The number of hydrogen-bond acceptors (Lipinski definition) is 2. The van der Waals surface area contributed by atoms with E-state index in [1.54, 1.807) is 7.11 Å². The number of hydrogen-bond donors (Lipinski definition) is 1. The van der Waals surface area contributed by atoms with E-state index >= 15 is 0 Å². The Balaban J connectivity index is 2.80. The van der Waals surface area contributed by atoms with Crippen molar-refractivity contribution in [1.82, 2.24) is 0 Å². The van der Waals surface area contributed by atoms with Crippen LogP contribution in [0.1, 0.15) is 38.2 Å². The van der Waals surface area contributed by atoms with Crippen molar-refractivity contribution in [3.63, 3.8) is 0 Å². The lowest BCUT2D eigenvalue weighted by Gasteiger charge is -2.17. The van der Waals surface area contributed by atoms with Crippen molar-refractivity contribution in [3.8, 4) is 5.75 Å². The maximum Gasteiger partial charge on any atom is 0.122 e. The van der Waals surface area contributed by atoms with Gasteiger partial charge in [-0.3, -0.25) is 0 Å². The minimum atomic E-state index is 0.264. The van der Waals surface area contributed by atoms with Gasteiger partial charge in [0.05, 0.1) is 7.11 Å². The monoisotopic (exact) mass is 285 g/mol. The Bertz CT molecular complexity index is 339. The minimum Gasteiger partial charge on any atom is -0.496 e. The van der Waals surface area contributed by atoms with E-state index in [1.165, 1.54) is 5.56 Å². The molecule has 0 saturated heterocycles. The molecule has 3 heteroatoms. The molecule has 2 unspecified atom stereocenters. The first-order valence-corrected chi connectivity index (χ1v) is 6.43. The zero-order valence-corrected chi connectivity index (χ0v) is 11.8. The number of benzene rings is 1. The third-order valence-corrected chi connectivity index (χ3v) is 3.27. The van der Waals surface area contributed by atoms with Gasteiger partial charge in [0.2, 0.25) is 0 Å². The van der Waals surface area contributed by atoms with Crippen molar-refractivity contribution in [1.29, 1.82) is 0 Å². The fourth-order valence-electron chi connectivity index (χ4n) is 1.76. The molecule has 0 aromatic heterocycles. The summed E-state index contributed by atoms with van der Waals surface area (Å²) in [7, 11) is 1.71. The predicted octanol–water partition coefficient (Wildman–Crippen LogP) is 3.69. The van der Waals surface area contributed by atoms with Crippen molar-refractivity contribution < 1.29 is 4.74 Å². The molecule has 16 heavy (non-hydrogen) atoms. The number of ether oxygens (including phenoxy) is 1. The van der Waals surface area contributed by atoms with Crippen LogP contribution in [0.25, 0.3) is 0 Å². The maximum absolute atomic E-state index is 5.78. The van der Waals surface area contributed by atoms with Gasteiger partial charge in [-0.1, -0.05) is 22.9 Å². The molecule has 1 aromatic rings. The standard InChI is InChI=1S/C13H20BrNO/c1-9(4-5-10(2)15)12-8-11(14)6-7-13(12)16-3/h6-10H,4-5,15H2,1-3H3. The van der Waals surface area contributed by atoms with Gasteiger partial charge in [0, 0.05) is 10.5 Å². The van der Waals surface area contributed by atoms with Crippen molar-refractivity contribution >= 4 is 15.9 Å². The highest BCUT2D eigenvalue weighted by Crippen LogP contribution is 2.32. The smallest absolute Gasteiger partial charge is 0.122 e. The number of methoxy groups -OCH3 is 1. The van der Waals surface area contributed by atoms with E-state index < -0.39 is 0 Å². The van der Waals surface area contributed by atoms with E-state index in [2.05, 4.69) is 28.9 Å². The average Bonchev–Trinajstić information content (AvgIpc) is 2.25. The summed E-state index contributed by atoms with van der Waals surface area (Å²) in [6.07, 6.45) is 2.13. The van der Waals surface area contributed by atoms with Crippen molar-refractivity contribution in [3.05, 3.63) is 28.2 Å². The Hall–Kier alpha value is -0.540. The van der Waals surface area contributed by atoms with Crippen LogP contribution in [-0.2, 0) is 0 Å². The van der Waals surface area contributed by atoms with Gasteiger partial charge in [0.1, 0.15) is 5.75 Å². The highest BCUT2D eigenvalue weighted by Gasteiger charge is 2.12. The lowest BCUT2D eigenvalue weighted by atomic mass is 9.94. The fraction of sp³-hybridized carbons (Fsp3) is 0.538. The molecule has 1 aromatic carbocycles.